The topological polar surface area (TPSA) is 15.3 Å². The van der Waals surface area contributed by atoms with Crippen molar-refractivity contribution in [3.05, 3.63) is 42.0 Å². The van der Waals surface area contributed by atoms with Crippen molar-refractivity contribution in [2.45, 2.75) is 6.92 Å². The summed E-state index contributed by atoms with van der Waals surface area (Å²) in [5.41, 5.74) is 2.71. The van der Waals surface area contributed by atoms with E-state index in [0.717, 1.165) is 19.6 Å². The van der Waals surface area contributed by atoms with Gasteiger partial charge in [0, 0.05) is 32.7 Å². The first-order valence-corrected chi connectivity index (χ1v) is 6.01. The van der Waals surface area contributed by atoms with E-state index in [9.17, 15) is 0 Å². The molecule has 1 aliphatic rings. The van der Waals surface area contributed by atoms with Crippen LogP contribution in [0.25, 0.3) is 5.57 Å². The molecule has 1 aromatic rings. The van der Waals surface area contributed by atoms with E-state index in [-0.39, 0.29) is 0 Å². The highest BCUT2D eigenvalue weighted by atomic mass is 15.2. The summed E-state index contributed by atoms with van der Waals surface area (Å²) in [6.07, 6.45) is 2.33. The maximum atomic E-state index is 3.37. The lowest BCUT2D eigenvalue weighted by molar-refractivity contribution is 0.265. The van der Waals surface area contributed by atoms with Crippen LogP contribution >= 0.6 is 0 Å². The predicted molar refractivity (Wildman–Crippen MR) is 69.4 cm³/mol. The third-order valence-electron chi connectivity index (χ3n) is 3.09. The summed E-state index contributed by atoms with van der Waals surface area (Å²) in [4.78, 5) is 2.49. The Labute approximate surface area is 98.0 Å². The van der Waals surface area contributed by atoms with Gasteiger partial charge in [0.15, 0.2) is 0 Å². The first kappa shape index (κ1) is 11.4. The first-order valence-electron chi connectivity index (χ1n) is 6.01. The molecule has 1 aromatic carbocycles. The van der Waals surface area contributed by atoms with Crippen molar-refractivity contribution in [2.75, 3.05) is 32.7 Å². The summed E-state index contributed by atoms with van der Waals surface area (Å²) < 4.78 is 0. The van der Waals surface area contributed by atoms with Crippen LogP contribution in [0.5, 0.6) is 0 Å². The number of hydrogen-bond donors (Lipinski definition) is 1. The van der Waals surface area contributed by atoms with Gasteiger partial charge in [0.1, 0.15) is 0 Å². The average Bonchev–Trinajstić information content (AvgIpc) is 2.38. The largest absolute Gasteiger partial charge is 0.314 e. The van der Waals surface area contributed by atoms with Gasteiger partial charge >= 0.3 is 0 Å². The van der Waals surface area contributed by atoms with Crippen molar-refractivity contribution in [3.8, 4) is 0 Å². The predicted octanol–water partition coefficient (Wildman–Crippen LogP) is 2.00. The van der Waals surface area contributed by atoms with Gasteiger partial charge in [-0.15, -0.1) is 0 Å². The molecule has 1 N–H and O–H groups in total. The van der Waals surface area contributed by atoms with Gasteiger partial charge in [-0.1, -0.05) is 36.4 Å². The Balaban J connectivity index is 1.91. The van der Waals surface area contributed by atoms with Crippen LogP contribution in [0.15, 0.2) is 36.4 Å². The maximum Gasteiger partial charge on any atom is 0.0170 e. The Bertz CT molecular complexity index is 337. The molecule has 0 aliphatic carbocycles. The molecule has 2 nitrogen and oxygen atoms in total. The molecule has 1 heterocycles. The Kier molecular flexibility index (Phi) is 4.14. The smallest absolute Gasteiger partial charge is 0.0170 e. The van der Waals surface area contributed by atoms with E-state index in [1.54, 1.807) is 0 Å². The Morgan fingerprint density at radius 2 is 1.94 bits per heavy atom. The normalized spacial score (nSPS) is 18.7. The van der Waals surface area contributed by atoms with Crippen molar-refractivity contribution in [2.24, 2.45) is 0 Å². The number of nitrogens with zero attached hydrogens (tertiary/aromatic N) is 1. The van der Waals surface area contributed by atoms with E-state index in [0.29, 0.717) is 0 Å². The summed E-state index contributed by atoms with van der Waals surface area (Å²) >= 11 is 0. The Hall–Kier alpha value is -1.12. The molecule has 2 heteroatoms. The summed E-state index contributed by atoms with van der Waals surface area (Å²) in [7, 11) is 0. The molecule has 1 aliphatic heterocycles. The zero-order chi connectivity index (χ0) is 11.2. The molecule has 1 fully saturated rings. The molecule has 0 spiro atoms. The molecule has 0 bridgehead atoms. The second-order valence-electron chi connectivity index (χ2n) is 4.30. The van der Waals surface area contributed by atoms with Gasteiger partial charge in [-0.2, -0.15) is 0 Å². The standard InChI is InChI=1S/C14H20N2/c1-13(14-5-3-2-4-6-14)7-10-16-11-8-15-9-12-16/h2-7,15H,8-12H2,1H3/b13-7+. The monoisotopic (exact) mass is 216 g/mol. The van der Waals surface area contributed by atoms with E-state index in [4.69, 9.17) is 0 Å². The number of piperazine rings is 1. The average molecular weight is 216 g/mol. The highest BCUT2D eigenvalue weighted by Crippen LogP contribution is 2.12. The molecule has 86 valence electrons. The van der Waals surface area contributed by atoms with Gasteiger partial charge in [0.2, 0.25) is 0 Å². The SMILES string of the molecule is C/C(=C\CN1CCNCC1)c1ccccc1. The molecule has 0 unspecified atom stereocenters. The minimum atomic E-state index is 1.07. The highest BCUT2D eigenvalue weighted by Gasteiger charge is 2.07. The lowest BCUT2D eigenvalue weighted by atomic mass is 10.1. The van der Waals surface area contributed by atoms with Crippen LogP contribution in [0.1, 0.15) is 12.5 Å². The molecule has 0 atom stereocenters. The van der Waals surface area contributed by atoms with Gasteiger partial charge in [0.05, 0.1) is 0 Å². The first-order chi connectivity index (χ1) is 7.86. The third kappa shape index (κ3) is 3.19. The van der Waals surface area contributed by atoms with Gasteiger partial charge in [0.25, 0.3) is 0 Å². The summed E-state index contributed by atoms with van der Waals surface area (Å²) in [6, 6.07) is 10.6. The van der Waals surface area contributed by atoms with Gasteiger partial charge < -0.3 is 5.32 Å². The highest BCUT2D eigenvalue weighted by molar-refractivity contribution is 5.63. The number of allylic oxidation sites excluding steroid dienone is 1. The van der Waals surface area contributed by atoms with Crippen LogP contribution < -0.4 is 5.32 Å². The zero-order valence-electron chi connectivity index (χ0n) is 9.95. The second kappa shape index (κ2) is 5.83. The second-order valence-corrected chi connectivity index (χ2v) is 4.30. The number of rotatable bonds is 3. The fourth-order valence-electron chi connectivity index (χ4n) is 1.98. The molecule has 0 radical (unpaired) electrons. The van der Waals surface area contributed by atoms with Crippen molar-refractivity contribution in [1.29, 1.82) is 0 Å². The fourth-order valence-corrected chi connectivity index (χ4v) is 1.98. The molecule has 1 saturated heterocycles. The molecular weight excluding hydrogens is 196 g/mol. The van der Waals surface area contributed by atoms with Crippen LogP contribution in [0.3, 0.4) is 0 Å². The molecule has 2 rings (SSSR count). The minimum Gasteiger partial charge on any atom is -0.314 e. The molecule has 0 aromatic heterocycles. The van der Waals surface area contributed by atoms with Crippen molar-refractivity contribution < 1.29 is 0 Å². The van der Waals surface area contributed by atoms with E-state index in [1.807, 2.05) is 0 Å². The van der Waals surface area contributed by atoms with Crippen LogP contribution in [0, 0.1) is 0 Å². The van der Waals surface area contributed by atoms with Crippen LogP contribution in [0.2, 0.25) is 0 Å². The van der Waals surface area contributed by atoms with Crippen LogP contribution in [-0.2, 0) is 0 Å². The van der Waals surface area contributed by atoms with Gasteiger partial charge in [-0.3, -0.25) is 4.90 Å². The van der Waals surface area contributed by atoms with E-state index in [2.05, 4.69) is 53.5 Å². The van der Waals surface area contributed by atoms with E-state index >= 15 is 0 Å². The van der Waals surface area contributed by atoms with Crippen LogP contribution in [-0.4, -0.2) is 37.6 Å². The molecule has 0 amide bonds. The fraction of sp³-hybridized carbons (Fsp3) is 0.429. The summed E-state index contributed by atoms with van der Waals surface area (Å²) in [5, 5.41) is 3.37. The van der Waals surface area contributed by atoms with Crippen molar-refractivity contribution in [3.63, 3.8) is 0 Å². The summed E-state index contributed by atoms with van der Waals surface area (Å²) in [6.45, 7) is 7.84. The lowest BCUT2D eigenvalue weighted by Crippen LogP contribution is -2.43. The molecular formula is C14H20N2. The van der Waals surface area contributed by atoms with Crippen LogP contribution in [0.4, 0.5) is 0 Å². The van der Waals surface area contributed by atoms with Crippen molar-refractivity contribution in [1.82, 2.24) is 10.2 Å². The zero-order valence-corrected chi connectivity index (χ0v) is 9.95. The number of hydrogen-bond acceptors (Lipinski definition) is 2. The number of benzene rings is 1. The lowest BCUT2D eigenvalue weighted by Gasteiger charge is -2.26. The molecule has 16 heavy (non-hydrogen) atoms. The summed E-state index contributed by atoms with van der Waals surface area (Å²) in [5.74, 6) is 0. The molecule has 0 saturated carbocycles. The Morgan fingerprint density at radius 3 is 2.62 bits per heavy atom. The van der Waals surface area contributed by atoms with Crippen molar-refractivity contribution >= 4 is 5.57 Å². The van der Waals surface area contributed by atoms with E-state index < -0.39 is 0 Å². The maximum absolute atomic E-state index is 3.37. The number of nitrogens with one attached hydrogen (secondary N) is 1. The quantitative estimate of drug-likeness (QED) is 0.831. The van der Waals surface area contributed by atoms with Gasteiger partial charge in [-0.05, 0) is 18.1 Å². The minimum absolute atomic E-state index is 1.07. The van der Waals surface area contributed by atoms with Gasteiger partial charge in [-0.25, -0.2) is 0 Å². The Morgan fingerprint density at radius 1 is 1.25 bits per heavy atom. The van der Waals surface area contributed by atoms with E-state index in [1.165, 1.54) is 24.2 Å². The third-order valence-corrected chi connectivity index (χ3v) is 3.09.